The van der Waals surface area contributed by atoms with Crippen LogP contribution >= 0.6 is 11.6 Å². The van der Waals surface area contributed by atoms with Crippen molar-refractivity contribution < 1.29 is 9.47 Å². The molecule has 0 saturated heterocycles. The van der Waals surface area contributed by atoms with Crippen LogP contribution in [-0.2, 0) is 18.3 Å². The molecule has 4 rings (SSSR count). The van der Waals surface area contributed by atoms with Crippen molar-refractivity contribution in [1.82, 2.24) is 9.97 Å². The first-order valence-electron chi connectivity index (χ1n) is 9.40. The summed E-state index contributed by atoms with van der Waals surface area (Å²) in [6.45, 7) is 0. The van der Waals surface area contributed by atoms with Gasteiger partial charge in [-0.05, 0) is 62.6 Å². The Morgan fingerprint density at radius 3 is 2.78 bits per heavy atom. The molecular weight excluding hydrogens is 362 g/mol. The summed E-state index contributed by atoms with van der Waals surface area (Å²) in [5, 5.41) is 10.5. The predicted octanol–water partition coefficient (Wildman–Crippen LogP) is 4.41. The summed E-state index contributed by atoms with van der Waals surface area (Å²) in [6, 6.07) is 8.39. The maximum Gasteiger partial charge on any atom is 0.161 e. The molecule has 1 aromatic heterocycles. The molecule has 0 radical (unpaired) electrons. The Kier molecular flexibility index (Phi) is 4.92. The third kappa shape index (κ3) is 3.35. The first kappa shape index (κ1) is 18.1. The zero-order chi connectivity index (χ0) is 18.9. The van der Waals surface area contributed by atoms with Crippen molar-refractivity contribution in [2.24, 2.45) is 0 Å². The number of halogens is 1. The molecule has 0 bridgehead atoms. The summed E-state index contributed by atoms with van der Waals surface area (Å²) >= 11 is 6.30. The van der Waals surface area contributed by atoms with E-state index >= 15 is 0 Å². The van der Waals surface area contributed by atoms with Crippen LogP contribution in [0.25, 0.3) is 0 Å². The predicted molar refractivity (Wildman–Crippen MR) is 102 cm³/mol. The van der Waals surface area contributed by atoms with Crippen molar-refractivity contribution in [3.63, 3.8) is 0 Å². The molecule has 1 fully saturated rings. The Balaban J connectivity index is 1.70. The third-order valence-electron chi connectivity index (χ3n) is 5.78. The van der Waals surface area contributed by atoms with Gasteiger partial charge >= 0.3 is 0 Å². The second-order valence-corrected chi connectivity index (χ2v) is 7.71. The van der Waals surface area contributed by atoms with Crippen molar-refractivity contribution in [3.8, 4) is 17.6 Å². The number of benzene rings is 1. The van der Waals surface area contributed by atoms with Gasteiger partial charge in [-0.25, -0.2) is 9.97 Å². The van der Waals surface area contributed by atoms with E-state index in [0.29, 0.717) is 30.2 Å². The number of nitriles is 1. The molecule has 1 heterocycles. The van der Waals surface area contributed by atoms with Crippen molar-refractivity contribution in [2.45, 2.75) is 56.5 Å². The van der Waals surface area contributed by atoms with Gasteiger partial charge in [0.2, 0.25) is 0 Å². The molecule has 1 saturated carbocycles. The van der Waals surface area contributed by atoms with Gasteiger partial charge in [-0.1, -0.05) is 17.7 Å². The smallest absolute Gasteiger partial charge is 0.161 e. The van der Waals surface area contributed by atoms with Gasteiger partial charge in [0, 0.05) is 11.3 Å². The van der Waals surface area contributed by atoms with Crippen LogP contribution in [0.1, 0.15) is 48.9 Å². The van der Waals surface area contributed by atoms with Crippen LogP contribution in [0.2, 0.25) is 5.15 Å². The van der Waals surface area contributed by atoms with Crippen LogP contribution in [0.15, 0.2) is 24.5 Å². The number of methoxy groups -OCH3 is 1. The number of ether oxygens (including phenoxy) is 2. The van der Waals surface area contributed by atoms with Gasteiger partial charge in [0.05, 0.1) is 24.7 Å². The molecule has 140 valence electrons. The summed E-state index contributed by atoms with van der Waals surface area (Å²) < 4.78 is 11.7. The number of nitrogens with zero attached hydrogens (tertiary/aromatic N) is 3. The molecule has 0 spiro atoms. The largest absolute Gasteiger partial charge is 0.493 e. The molecule has 2 aliphatic rings. The molecule has 0 aliphatic heterocycles. The van der Waals surface area contributed by atoms with Crippen LogP contribution in [0.4, 0.5) is 0 Å². The minimum absolute atomic E-state index is 0.224. The topological polar surface area (TPSA) is 68.0 Å². The lowest BCUT2D eigenvalue weighted by molar-refractivity contribution is 0.200. The molecule has 1 unspecified atom stereocenters. The van der Waals surface area contributed by atoms with Gasteiger partial charge < -0.3 is 9.47 Å². The van der Waals surface area contributed by atoms with Crippen molar-refractivity contribution in [3.05, 3.63) is 46.5 Å². The van der Waals surface area contributed by atoms with E-state index < -0.39 is 5.41 Å². The summed E-state index contributed by atoms with van der Waals surface area (Å²) in [6.07, 6.45) is 8.15. The Morgan fingerprint density at radius 2 is 2.04 bits per heavy atom. The molecule has 2 aromatic rings. The Labute approximate surface area is 164 Å². The number of hydrogen-bond acceptors (Lipinski definition) is 5. The first-order chi connectivity index (χ1) is 13.1. The maximum absolute atomic E-state index is 10.1. The highest BCUT2D eigenvalue weighted by Crippen LogP contribution is 2.42. The van der Waals surface area contributed by atoms with Crippen LogP contribution in [-0.4, -0.2) is 23.2 Å². The minimum Gasteiger partial charge on any atom is -0.493 e. The van der Waals surface area contributed by atoms with E-state index in [0.717, 1.165) is 35.4 Å². The number of aryl methyl sites for hydroxylation is 1. The van der Waals surface area contributed by atoms with Crippen molar-refractivity contribution >= 4 is 11.6 Å². The summed E-state index contributed by atoms with van der Waals surface area (Å²) in [4.78, 5) is 8.44. The lowest BCUT2D eigenvalue weighted by Gasteiger charge is -2.32. The average molecular weight is 384 g/mol. The molecule has 1 atom stereocenters. The zero-order valence-corrected chi connectivity index (χ0v) is 16.1. The molecule has 0 amide bonds. The van der Waals surface area contributed by atoms with E-state index in [4.69, 9.17) is 21.1 Å². The molecule has 0 N–H and O–H groups in total. The highest BCUT2D eigenvalue weighted by atomic mass is 35.5. The molecule has 2 aliphatic carbocycles. The first-order valence-corrected chi connectivity index (χ1v) is 9.78. The standard InChI is InChI=1S/C21H22ClN3O2/c1-26-18-7-6-14(10-19(18)27-15-4-2-3-5-15)21(12-23)9-8-17-16(11-21)20(22)25-13-24-17/h6-7,10,13,15H,2-5,8-9,11H2,1H3. The highest BCUT2D eigenvalue weighted by molar-refractivity contribution is 6.30. The minimum atomic E-state index is -0.665. The number of hydrogen-bond donors (Lipinski definition) is 0. The molecule has 6 heteroatoms. The second-order valence-electron chi connectivity index (χ2n) is 7.35. The van der Waals surface area contributed by atoms with E-state index in [1.165, 1.54) is 19.2 Å². The lowest BCUT2D eigenvalue weighted by atomic mass is 9.69. The normalized spacial score (nSPS) is 22.1. The second kappa shape index (κ2) is 7.36. The fourth-order valence-corrected chi connectivity index (χ4v) is 4.41. The lowest BCUT2D eigenvalue weighted by Crippen LogP contribution is -2.33. The Bertz CT molecular complexity index is 889. The quantitative estimate of drug-likeness (QED) is 0.731. The van der Waals surface area contributed by atoms with Crippen LogP contribution in [0.3, 0.4) is 0 Å². The van der Waals surface area contributed by atoms with E-state index in [2.05, 4.69) is 16.0 Å². The Hall–Kier alpha value is -2.32. The highest BCUT2D eigenvalue weighted by Gasteiger charge is 2.39. The molecule has 5 nitrogen and oxygen atoms in total. The summed E-state index contributed by atoms with van der Waals surface area (Å²) in [5.41, 5.74) is 2.09. The molecule has 1 aromatic carbocycles. The number of rotatable bonds is 4. The van der Waals surface area contributed by atoms with E-state index in [-0.39, 0.29) is 6.10 Å². The number of aromatic nitrogens is 2. The van der Waals surface area contributed by atoms with Crippen LogP contribution in [0, 0.1) is 11.3 Å². The van der Waals surface area contributed by atoms with E-state index in [1.807, 2.05) is 18.2 Å². The van der Waals surface area contributed by atoms with Gasteiger partial charge in [0.25, 0.3) is 0 Å². The van der Waals surface area contributed by atoms with Gasteiger partial charge in [-0.3, -0.25) is 0 Å². The maximum atomic E-state index is 10.1. The van der Waals surface area contributed by atoms with Crippen LogP contribution in [0.5, 0.6) is 11.5 Å². The van der Waals surface area contributed by atoms with Crippen LogP contribution < -0.4 is 9.47 Å². The van der Waals surface area contributed by atoms with E-state index in [9.17, 15) is 5.26 Å². The van der Waals surface area contributed by atoms with Crippen molar-refractivity contribution in [2.75, 3.05) is 7.11 Å². The summed E-state index contributed by atoms with van der Waals surface area (Å²) in [5.74, 6) is 1.43. The monoisotopic (exact) mass is 383 g/mol. The van der Waals surface area contributed by atoms with Gasteiger partial charge in [0.1, 0.15) is 11.5 Å². The van der Waals surface area contributed by atoms with Gasteiger partial charge in [0.15, 0.2) is 11.5 Å². The van der Waals surface area contributed by atoms with Crippen molar-refractivity contribution in [1.29, 1.82) is 5.26 Å². The van der Waals surface area contributed by atoms with Gasteiger partial charge in [-0.2, -0.15) is 5.26 Å². The van der Waals surface area contributed by atoms with E-state index in [1.54, 1.807) is 7.11 Å². The fourth-order valence-electron chi connectivity index (χ4n) is 4.20. The SMILES string of the molecule is COc1ccc(C2(C#N)CCc3ncnc(Cl)c3C2)cc1OC1CCCC1. The fraction of sp³-hybridized carbons (Fsp3) is 0.476. The number of fused-ring (bicyclic) bond motifs is 1. The molecular formula is C21H22ClN3O2. The average Bonchev–Trinajstić information content (AvgIpc) is 3.21. The third-order valence-corrected chi connectivity index (χ3v) is 6.10. The summed E-state index contributed by atoms with van der Waals surface area (Å²) in [7, 11) is 1.64. The van der Waals surface area contributed by atoms with Gasteiger partial charge in [-0.15, -0.1) is 0 Å². The molecule has 27 heavy (non-hydrogen) atoms. The Morgan fingerprint density at radius 1 is 1.22 bits per heavy atom. The zero-order valence-electron chi connectivity index (χ0n) is 15.4.